The lowest BCUT2D eigenvalue weighted by atomic mass is 10.0. The third-order valence-electron chi connectivity index (χ3n) is 12.1. The molecule has 0 spiro atoms. The Labute approximate surface area is 363 Å². The monoisotopic (exact) mass is 821 g/mol. The molecular weight excluding hydrogens is 717 g/mol. The van der Waals surface area contributed by atoms with Gasteiger partial charge in [-0.2, -0.15) is 0 Å². The smallest absolute Gasteiger partial charge is 0.306 e. The zero-order chi connectivity index (χ0) is 42.1. The maximum absolute atomic E-state index is 12.7. The van der Waals surface area contributed by atoms with Crippen LogP contribution in [0.5, 0.6) is 0 Å². The summed E-state index contributed by atoms with van der Waals surface area (Å²) in [5.41, 5.74) is 0. The zero-order valence-electron chi connectivity index (χ0n) is 39.9. The van der Waals surface area contributed by atoms with E-state index < -0.39 is 6.10 Å². The van der Waals surface area contributed by atoms with Crippen molar-refractivity contribution in [1.82, 2.24) is 0 Å². The molecule has 0 aliphatic heterocycles. The highest BCUT2D eigenvalue weighted by atomic mass is 16.6. The Morgan fingerprint density at radius 2 is 0.569 bits per heavy atom. The second kappa shape index (κ2) is 50.3. The van der Waals surface area contributed by atoms with Crippen molar-refractivity contribution >= 4 is 11.9 Å². The van der Waals surface area contributed by atoms with Crippen LogP contribution in [-0.2, 0) is 23.8 Å². The zero-order valence-corrected chi connectivity index (χ0v) is 39.9. The normalized spacial score (nSPS) is 12.0. The summed E-state index contributed by atoms with van der Waals surface area (Å²) >= 11 is 0. The molecule has 0 saturated carbocycles. The predicted octanol–water partition coefficient (Wildman–Crippen LogP) is 17.7. The van der Waals surface area contributed by atoms with E-state index >= 15 is 0 Å². The topological polar surface area (TPSA) is 61.8 Å². The van der Waals surface area contributed by atoms with Crippen molar-refractivity contribution < 1.29 is 23.8 Å². The van der Waals surface area contributed by atoms with Gasteiger partial charge < -0.3 is 14.2 Å². The summed E-state index contributed by atoms with van der Waals surface area (Å²) in [5.74, 6) is -0.375. The molecule has 0 radical (unpaired) electrons. The Kier molecular flexibility index (Phi) is 49.3. The fourth-order valence-electron chi connectivity index (χ4n) is 8.16. The van der Waals surface area contributed by atoms with Gasteiger partial charge in [0.15, 0.2) is 6.10 Å². The van der Waals surface area contributed by atoms with Gasteiger partial charge in [-0.05, 0) is 19.3 Å². The molecule has 5 heteroatoms. The van der Waals surface area contributed by atoms with E-state index in [-0.39, 0.29) is 18.5 Å². The Balaban J connectivity index is 4.07. The molecule has 0 amide bonds. The standard InChI is InChI=1S/C53H104O5/c1-4-7-10-13-16-19-21-23-24-25-26-27-28-29-31-33-36-39-42-45-48-56-49-51(58-53(55)47-44-41-38-34-18-15-12-9-6-3)50-57-52(54)46-43-40-37-35-32-30-22-20-17-14-11-8-5-2/h51H,4-50H2,1-3H3. The molecule has 0 heterocycles. The fourth-order valence-corrected chi connectivity index (χ4v) is 8.16. The van der Waals surface area contributed by atoms with Crippen LogP contribution in [0.2, 0.25) is 0 Å². The third-order valence-corrected chi connectivity index (χ3v) is 12.1. The van der Waals surface area contributed by atoms with E-state index in [9.17, 15) is 9.59 Å². The first-order valence-electron chi connectivity index (χ1n) is 26.6. The van der Waals surface area contributed by atoms with Gasteiger partial charge in [0.2, 0.25) is 0 Å². The fraction of sp³-hybridized carbons (Fsp3) is 0.962. The van der Waals surface area contributed by atoms with E-state index in [1.165, 1.54) is 238 Å². The van der Waals surface area contributed by atoms with Crippen molar-refractivity contribution in [2.45, 2.75) is 309 Å². The molecule has 58 heavy (non-hydrogen) atoms. The predicted molar refractivity (Wildman–Crippen MR) is 252 cm³/mol. The van der Waals surface area contributed by atoms with Crippen LogP contribution in [0.3, 0.4) is 0 Å². The van der Waals surface area contributed by atoms with E-state index in [4.69, 9.17) is 14.2 Å². The van der Waals surface area contributed by atoms with Gasteiger partial charge in [0.05, 0.1) is 6.61 Å². The molecule has 0 N–H and O–H groups in total. The number of rotatable bonds is 50. The summed E-state index contributed by atoms with van der Waals surface area (Å²) in [6.45, 7) is 7.89. The number of hydrogen-bond donors (Lipinski definition) is 0. The number of unbranched alkanes of at least 4 members (excludes halogenated alkanes) is 39. The van der Waals surface area contributed by atoms with Crippen LogP contribution in [0.15, 0.2) is 0 Å². The van der Waals surface area contributed by atoms with E-state index in [0.717, 1.165) is 32.1 Å². The SMILES string of the molecule is CCCCCCCCCCCCCCCCCCCCCCOCC(COC(=O)CCCCCCCCCCCCCCC)OC(=O)CCCCCCCCCCC. The Hall–Kier alpha value is -1.10. The highest BCUT2D eigenvalue weighted by Gasteiger charge is 2.17. The molecule has 1 unspecified atom stereocenters. The van der Waals surface area contributed by atoms with Crippen LogP contribution in [0.1, 0.15) is 303 Å². The van der Waals surface area contributed by atoms with Crippen molar-refractivity contribution in [3.05, 3.63) is 0 Å². The molecular formula is C53H104O5. The largest absolute Gasteiger partial charge is 0.462 e. The average Bonchev–Trinajstić information content (AvgIpc) is 3.22. The summed E-state index contributed by atoms with van der Waals surface area (Å²) in [4.78, 5) is 25.3. The lowest BCUT2D eigenvalue weighted by Crippen LogP contribution is -2.30. The van der Waals surface area contributed by atoms with Crippen LogP contribution in [0, 0.1) is 0 Å². The van der Waals surface area contributed by atoms with Crippen LogP contribution in [-0.4, -0.2) is 37.9 Å². The van der Waals surface area contributed by atoms with Crippen molar-refractivity contribution in [1.29, 1.82) is 0 Å². The minimum atomic E-state index is -0.522. The van der Waals surface area contributed by atoms with Gasteiger partial charge in [-0.25, -0.2) is 0 Å². The van der Waals surface area contributed by atoms with Gasteiger partial charge in [-0.1, -0.05) is 271 Å². The molecule has 0 bridgehead atoms. The molecule has 0 fully saturated rings. The number of esters is 2. The first-order valence-corrected chi connectivity index (χ1v) is 26.6. The maximum Gasteiger partial charge on any atom is 0.306 e. The Morgan fingerprint density at radius 3 is 0.879 bits per heavy atom. The van der Waals surface area contributed by atoms with E-state index in [2.05, 4.69) is 20.8 Å². The quantitative estimate of drug-likeness (QED) is 0.0452. The highest BCUT2D eigenvalue weighted by molar-refractivity contribution is 5.70. The highest BCUT2D eigenvalue weighted by Crippen LogP contribution is 2.17. The van der Waals surface area contributed by atoms with Gasteiger partial charge in [0.1, 0.15) is 6.61 Å². The molecule has 0 aromatic rings. The summed E-state index contributed by atoms with van der Waals surface area (Å²) < 4.78 is 17.4. The second-order valence-corrected chi connectivity index (χ2v) is 18.2. The number of ether oxygens (including phenoxy) is 3. The van der Waals surface area contributed by atoms with Crippen LogP contribution in [0.25, 0.3) is 0 Å². The first-order chi connectivity index (χ1) is 28.6. The molecule has 0 aromatic carbocycles. The van der Waals surface area contributed by atoms with E-state index in [0.29, 0.717) is 26.1 Å². The maximum atomic E-state index is 12.7. The molecule has 346 valence electrons. The summed E-state index contributed by atoms with van der Waals surface area (Å²) in [5, 5.41) is 0. The Bertz CT molecular complexity index is 799. The first kappa shape index (κ1) is 56.9. The second-order valence-electron chi connectivity index (χ2n) is 18.2. The van der Waals surface area contributed by atoms with E-state index in [1.54, 1.807) is 0 Å². The van der Waals surface area contributed by atoms with Gasteiger partial charge >= 0.3 is 11.9 Å². The average molecular weight is 821 g/mol. The minimum absolute atomic E-state index is 0.0973. The lowest BCUT2D eigenvalue weighted by Gasteiger charge is -2.18. The summed E-state index contributed by atoms with van der Waals surface area (Å²) in [6, 6.07) is 0. The van der Waals surface area contributed by atoms with Gasteiger partial charge in [0, 0.05) is 19.4 Å². The number of carbonyl (C=O) groups is 2. The molecule has 0 aliphatic carbocycles. The third kappa shape index (κ3) is 47.6. The van der Waals surface area contributed by atoms with Gasteiger partial charge in [-0.3, -0.25) is 9.59 Å². The number of carbonyl (C=O) groups excluding carboxylic acids is 2. The van der Waals surface area contributed by atoms with Crippen molar-refractivity contribution in [2.75, 3.05) is 19.8 Å². The molecule has 5 nitrogen and oxygen atoms in total. The molecule has 0 aromatic heterocycles. The molecule has 0 saturated heterocycles. The molecule has 0 aliphatic rings. The van der Waals surface area contributed by atoms with Crippen molar-refractivity contribution in [3.63, 3.8) is 0 Å². The van der Waals surface area contributed by atoms with Gasteiger partial charge in [0.25, 0.3) is 0 Å². The molecule has 1 atom stereocenters. The van der Waals surface area contributed by atoms with Crippen LogP contribution >= 0.6 is 0 Å². The van der Waals surface area contributed by atoms with Gasteiger partial charge in [-0.15, -0.1) is 0 Å². The summed E-state index contributed by atoms with van der Waals surface area (Å²) in [6.07, 6.45) is 55.5. The van der Waals surface area contributed by atoms with Crippen molar-refractivity contribution in [2.24, 2.45) is 0 Å². The van der Waals surface area contributed by atoms with Crippen LogP contribution in [0.4, 0.5) is 0 Å². The summed E-state index contributed by atoms with van der Waals surface area (Å²) in [7, 11) is 0. The molecule has 0 rings (SSSR count). The lowest BCUT2D eigenvalue weighted by molar-refractivity contribution is -0.163. The van der Waals surface area contributed by atoms with Crippen LogP contribution < -0.4 is 0 Å². The Morgan fingerprint density at radius 1 is 0.310 bits per heavy atom. The number of hydrogen-bond acceptors (Lipinski definition) is 5. The van der Waals surface area contributed by atoms with E-state index in [1.807, 2.05) is 0 Å². The minimum Gasteiger partial charge on any atom is -0.462 e. The van der Waals surface area contributed by atoms with Crippen molar-refractivity contribution in [3.8, 4) is 0 Å².